The molecule has 3 unspecified atom stereocenters. The zero-order chi connectivity index (χ0) is 18.8. The van der Waals surface area contributed by atoms with Crippen LogP contribution < -0.4 is 5.30 Å². The molecule has 0 aliphatic heterocycles. The quantitative estimate of drug-likeness (QED) is 0.667. The van der Waals surface area contributed by atoms with Crippen LogP contribution in [0.25, 0.3) is 0 Å². The minimum absolute atomic E-state index is 0.0317. The molecule has 0 bridgehead atoms. The molecule has 2 aliphatic carbocycles. The number of benzene rings is 1. The molecular formula is C22H35O3P. The first kappa shape index (κ1) is 20.1. The van der Waals surface area contributed by atoms with E-state index in [1.165, 1.54) is 6.42 Å². The van der Waals surface area contributed by atoms with Crippen LogP contribution in [0.5, 0.6) is 0 Å². The van der Waals surface area contributed by atoms with E-state index in [1.807, 2.05) is 30.3 Å². The number of rotatable bonds is 5. The van der Waals surface area contributed by atoms with Gasteiger partial charge in [-0.3, -0.25) is 4.57 Å². The molecule has 2 saturated carbocycles. The van der Waals surface area contributed by atoms with Gasteiger partial charge in [-0.2, -0.15) is 0 Å². The van der Waals surface area contributed by atoms with Crippen LogP contribution in [0.1, 0.15) is 72.1 Å². The van der Waals surface area contributed by atoms with E-state index >= 15 is 0 Å². The van der Waals surface area contributed by atoms with E-state index in [0.29, 0.717) is 35.9 Å². The Hall–Kier alpha value is -0.630. The minimum atomic E-state index is -3.38. The van der Waals surface area contributed by atoms with Gasteiger partial charge < -0.3 is 9.63 Å². The molecule has 0 saturated heterocycles. The number of aliphatic hydroxyl groups is 1. The second kappa shape index (κ2) is 8.17. The Labute approximate surface area is 159 Å². The summed E-state index contributed by atoms with van der Waals surface area (Å²) < 4.78 is 20.9. The van der Waals surface area contributed by atoms with Crippen molar-refractivity contribution in [2.45, 2.75) is 83.6 Å². The summed E-state index contributed by atoms with van der Waals surface area (Å²) in [5, 5.41) is 10.9. The first-order valence-electron chi connectivity index (χ1n) is 10.4. The van der Waals surface area contributed by atoms with E-state index in [1.54, 1.807) is 0 Å². The Balaban J connectivity index is 1.97. The standard InChI is InChI=1S/C22H35O3P/c1-17(2)20-13-12-18(3)16-21(20)25-26(24,19-10-6-4-7-11-19)22(23)14-8-5-9-15-22/h4,6-7,10-11,17-18,20-21,23H,5,8-9,12-16H2,1-3H3/t18?,20?,21-,26?/m1/s1. The Morgan fingerprint density at radius 3 is 2.38 bits per heavy atom. The molecule has 0 spiro atoms. The van der Waals surface area contributed by atoms with E-state index in [9.17, 15) is 9.67 Å². The molecule has 0 radical (unpaired) electrons. The topological polar surface area (TPSA) is 46.5 Å². The van der Waals surface area contributed by atoms with Crippen molar-refractivity contribution in [3.8, 4) is 0 Å². The second-order valence-corrected chi connectivity index (χ2v) is 11.6. The highest BCUT2D eigenvalue weighted by molar-refractivity contribution is 7.68. The van der Waals surface area contributed by atoms with Gasteiger partial charge >= 0.3 is 0 Å². The summed E-state index contributed by atoms with van der Waals surface area (Å²) in [5.74, 6) is 1.49. The van der Waals surface area contributed by atoms with Crippen LogP contribution in [0.4, 0.5) is 0 Å². The lowest BCUT2D eigenvalue weighted by Crippen LogP contribution is -2.41. The van der Waals surface area contributed by atoms with E-state index < -0.39 is 12.7 Å². The third-order valence-electron chi connectivity index (χ3n) is 6.54. The van der Waals surface area contributed by atoms with Gasteiger partial charge in [0.1, 0.15) is 5.34 Å². The summed E-state index contributed by atoms with van der Waals surface area (Å²) in [6, 6.07) is 9.49. The molecule has 3 nitrogen and oxygen atoms in total. The average Bonchev–Trinajstić information content (AvgIpc) is 2.62. The van der Waals surface area contributed by atoms with E-state index in [2.05, 4.69) is 20.8 Å². The van der Waals surface area contributed by atoms with Crippen LogP contribution in [0.15, 0.2) is 30.3 Å². The number of hydrogen-bond donors (Lipinski definition) is 1. The first-order valence-corrected chi connectivity index (χ1v) is 12.0. The van der Waals surface area contributed by atoms with Crippen LogP contribution in [0, 0.1) is 17.8 Å². The molecule has 4 heteroatoms. The largest absolute Gasteiger partial charge is 0.379 e. The molecule has 1 aromatic carbocycles. The normalized spacial score (nSPS) is 31.5. The van der Waals surface area contributed by atoms with Crippen molar-refractivity contribution < 1.29 is 14.2 Å². The maximum atomic E-state index is 14.4. The highest BCUT2D eigenvalue weighted by Crippen LogP contribution is 2.64. The molecule has 26 heavy (non-hydrogen) atoms. The van der Waals surface area contributed by atoms with Crippen molar-refractivity contribution in [2.75, 3.05) is 0 Å². The summed E-state index contributed by atoms with van der Waals surface area (Å²) in [6.07, 6.45) is 7.34. The van der Waals surface area contributed by atoms with Gasteiger partial charge in [0.15, 0.2) is 0 Å². The molecule has 0 heterocycles. The third kappa shape index (κ3) is 3.96. The fourth-order valence-electron chi connectivity index (χ4n) is 4.86. The molecule has 0 aromatic heterocycles. The van der Waals surface area contributed by atoms with Gasteiger partial charge in [0, 0.05) is 5.30 Å². The van der Waals surface area contributed by atoms with Gasteiger partial charge in [0.05, 0.1) is 6.10 Å². The van der Waals surface area contributed by atoms with Crippen molar-refractivity contribution >= 4 is 12.7 Å². The molecule has 146 valence electrons. The fraction of sp³-hybridized carbons (Fsp3) is 0.727. The lowest BCUT2D eigenvalue weighted by Gasteiger charge is -2.44. The molecular weight excluding hydrogens is 343 g/mol. The van der Waals surface area contributed by atoms with E-state index in [0.717, 1.165) is 32.1 Å². The Morgan fingerprint density at radius 2 is 1.77 bits per heavy atom. The molecule has 2 aliphatic rings. The monoisotopic (exact) mass is 378 g/mol. The van der Waals surface area contributed by atoms with Gasteiger partial charge in [-0.05, 0) is 68.4 Å². The van der Waals surface area contributed by atoms with Crippen molar-refractivity contribution in [2.24, 2.45) is 17.8 Å². The molecule has 2 fully saturated rings. The van der Waals surface area contributed by atoms with E-state index in [4.69, 9.17) is 4.52 Å². The van der Waals surface area contributed by atoms with Gasteiger partial charge in [0.2, 0.25) is 0 Å². The number of hydrogen-bond acceptors (Lipinski definition) is 3. The second-order valence-electron chi connectivity index (χ2n) is 8.90. The van der Waals surface area contributed by atoms with Crippen LogP contribution in [0.2, 0.25) is 0 Å². The van der Waals surface area contributed by atoms with Crippen molar-refractivity contribution in [3.63, 3.8) is 0 Å². The lowest BCUT2D eigenvalue weighted by atomic mass is 9.75. The predicted octanol–water partition coefficient (Wildman–Crippen LogP) is 5.72. The Bertz CT molecular complexity index is 622. The molecule has 1 aromatic rings. The zero-order valence-electron chi connectivity index (χ0n) is 16.6. The summed E-state index contributed by atoms with van der Waals surface area (Å²) in [7, 11) is -3.38. The van der Waals surface area contributed by atoms with Crippen LogP contribution >= 0.6 is 7.37 Å². The van der Waals surface area contributed by atoms with E-state index in [-0.39, 0.29) is 6.10 Å². The van der Waals surface area contributed by atoms with Crippen LogP contribution in [-0.2, 0) is 9.09 Å². The Morgan fingerprint density at radius 1 is 1.12 bits per heavy atom. The van der Waals surface area contributed by atoms with Crippen molar-refractivity contribution in [1.29, 1.82) is 0 Å². The van der Waals surface area contributed by atoms with Gasteiger partial charge in [0.25, 0.3) is 7.37 Å². The fourth-order valence-corrected chi connectivity index (χ4v) is 7.75. The van der Waals surface area contributed by atoms with Gasteiger partial charge in [-0.1, -0.05) is 51.8 Å². The smallest absolute Gasteiger partial charge is 0.262 e. The molecule has 1 N–H and O–H groups in total. The first-order chi connectivity index (χ1) is 12.4. The minimum Gasteiger partial charge on any atom is -0.379 e. The maximum Gasteiger partial charge on any atom is 0.262 e. The summed E-state index contributed by atoms with van der Waals surface area (Å²) in [6.45, 7) is 6.73. The maximum absolute atomic E-state index is 14.4. The third-order valence-corrected chi connectivity index (χ3v) is 9.63. The lowest BCUT2D eigenvalue weighted by molar-refractivity contribution is 0.0177. The predicted molar refractivity (Wildman–Crippen MR) is 108 cm³/mol. The van der Waals surface area contributed by atoms with Crippen molar-refractivity contribution in [3.05, 3.63) is 30.3 Å². The van der Waals surface area contributed by atoms with Crippen LogP contribution in [0.3, 0.4) is 0 Å². The molecule has 4 atom stereocenters. The Kier molecular flexibility index (Phi) is 6.32. The molecule has 3 rings (SSSR count). The van der Waals surface area contributed by atoms with Crippen LogP contribution in [-0.4, -0.2) is 16.6 Å². The van der Waals surface area contributed by atoms with Gasteiger partial charge in [-0.15, -0.1) is 0 Å². The zero-order valence-corrected chi connectivity index (χ0v) is 17.5. The van der Waals surface area contributed by atoms with Gasteiger partial charge in [-0.25, -0.2) is 0 Å². The summed E-state index contributed by atoms with van der Waals surface area (Å²) >= 11 is 0. The molecule has 0 amide bonds. The SMILES string of the molecule is CC1CCC(C(C)C)[C@H](OP(=O)(c2ccccc2)C2(O)CCCCC2)C1. The highest BCUT2D eigenvalue weighted by atomic mass is 31.2. The summed E-state index contributed by atoms with van der Waals surface area (Å²) in [4.78, 5) is 0. The van der Waals surface area contributed by atoms with Crippen molar-refractivity contribution in [1.82, 2.24) is 0 Å². The average molecular weight is 378 g/mol. The highest BCUT2D eigenvalue weighted by Gasteiger charge is 2.52. The summed E-state index contributed by atoms with van der Waals surface area (Å²) in [5.41, 5.74) is 0.